The Morgan fingerprint density at radius 1 is 1.24 bits per heavy atom. The average molecular weight is 392 g/mol. The Labute approximate surface area is 139 Å². The highest BCUT2D eigenvalue weighted by Crippen LogP contribution is 2.34. The Kier molecular flexibility index (Phi) is 4.76. The fraction of sp³-hybridized carbons (Fsp3) is 0.0714. The van der Waals surface area contributed by atoms with E-state index >= 15 is 0 Å². The van der Waals surface area contributed by atoms with Gasteiger partial charge in [0.05, 0.1) is 21.3 Å². The predicted molar refractivity (Wildman–Crippen MR) is 87.7 cm³/mol. The third kappa shape index (κ3) is 3.48. The first kappa shape index (κ1) is 16.1. The lowest BCUT2D eigenvalue weighted by atomic mass is 10.1. The number of anilines is 2. The zero-order chi connectivity index (χ0) is 15.7. The van der Waals surface area contributed by atoms with E-state index in [-0.39, 0.29) is 26.9 Å². The molecule has 0 atom stereocenters. The van der Waals surface area contributed by atoms with E-state index in [1.807, 2.05) is 0 Å². The van der Waals surface area contributed by atoms with Gasteiger partial charge in [0.15, 0.2) is 0 Å². The standard InChI is InChI=1S/C14H10BrCl2FN2O/c1-6-2-8(19)5-9(12(6)18)14(21)20-13-10(16)3-7(15)4-11(13)17/h2-5H,19H2,1H3,(H,20,21). The first-order valence-electron chi connectivity index (χ1n) is 5.81. The van der Waals surface area contributed by atoms with E-state index in [1.165, 1.54) is 19.1 Å². The molecular weight excluding hydrogens is 382 g/mol. The minimum atomic E-state index is -0.672. The van der Waals surface area contributed by atoms with Crippen LogP contribution in [-0.2, 0) is 0 Å². The minimum Gasteiger partial charge on any atom is -0.399 e. The van der Waals surface area contributed by atoms with Gasteiger partial charge in [-0.1, -0.05) is 39.1 Å². The Morgan fingerprint density at radius 3 is 2.38 bits per heavy atom. The summed E-state index contributed by atoms with van der Waals surface area (Å²) in [6, 6.07) is 5.86. The lowest BCUT2D eigenvalue weighted by Crippen LogP contribution is -2.15. The molecule has 2 rings (SSSR count). The van der Waals surface area contributed by atoms with Crippen LogP contribution in [0.4, 0.5) is 15.8 Å². The van der Waals surface area contributed by atoms with E-state index in [2.05, 4.69) is 21.2 Å². The summed E-state index contributed by atoms with van der Waals surface area (Å²) < 4.78 is 14.7. The van der Waals surface area contributed by atoms with Crippen LogP contribution in [0.5, 0.6) is 0 Å². The SMILES string of the molecule is Cc1cc(N)cc(C(=O)Nc2c(Cl)cc(Br)cc2Cl)c1F. The molecule has 0 bridgehead atoms. The van der Waals surface area contributed by atoms with Crippen molar-refractivity contribution in [3.8, 4) is 0 Å². The fourth-order valence-corrected chi connectivity index (χ4v) is 3.11. The molecule has 0 aliphatic carbocycles. The third-order valence-electron chi connectivity index (χ3n) is 2.77. The molecule has 0 saturated carbocycles. The third-order valence-corrected chi connectivity index (χ3v) is 3.82. The van der Waals surface area contributed by atoms with Crippen molar-refractivity contribution in [3.63, 3.8) is 0 Å². The smallest absolute Gasteiger partial charge is 0.258 e. The minimum absolute atomic E-state index is 0.164. The van der Waals surface area contributed by atoms with E-state index in [1.54, 1.807) is 12.1 Å². The van der Waals surface area contributed by atoms with Gasteiger partial charge in [-0.05, 0) is 36.8 Å². The number of halogens is 4. The van der Waals surface area contributed by atoms with E-state index < -0.39 is 11.7 Å². The van der Waals surface area contributed by atoms with Crippen molar-refractivity contribution in [1.82, 2.24) is 0 Å². The highest BCUT2D eigenvalue weighted by Gasteiger charge is 2.17. The number of nitrogen functional groups attached to an aromatic ring is 1. The van der Waals surface area contributed by atoms with Gasteiger partial charge in [-0.25, -0.2) is 4.39 Å². The predicted octanol–water partition coefficient (Wildman–Crippen LogP) is 5.04. The summed E-state index contributed by atoms with van der Waals surface area (Å²) in [5, 5.41) is 2.98. The molecule has 0 saturated heterocycles. The number of nitrogens with two attached hydrogens (primary N) is 1. The van der Waals surface area contributed by atoms with Crippen LogP contribution in [0, 0.1) is 12.7 Å². The van der Waals surface area contributed by atoms with Crippen molar-refractivity contribution in [2.45, 2.75) is 6.92 Å². The van der Waals surface area contributed by atoms with Crippen LogP contribution in [0.1, 0.15) is 15.9 Å². The zero-order valence-corrected chi connectivity index (χ0v) is 13.9. The summed E-state index contributed by atoms with van der Waals surface area (Å²) in [7, 11) is 0. The second kappa shape index (κ2) is 6.22. The molecule has 3 nitrogen and oxygen atoms in total. The molecule has 0 aliphatic heterocycles. The summed E-state index contributed by atoms with van der Waals surface area (Å²) in [5.74, 6) is -1.31. The van der Waals surface area contributed by atoms with Gasteiger partial charge in [0, 0.05) is 10.2 Å². The van der Waals surface area contributed by atoms with Gasteiger partial charge >= 0.3 is 0 Å². The summed E-state index contributed by atoms with van der Waals surface area (Å²) in [5.41, 5.74) is 6.27. The summed E-state index contributed by atoms with van der Waals surface area (Å²) in [6.45, 7) is 1.53. The highest BCUT2D eigenvalue weighted by atomic mass is 79.9. The highest BCUT2D eigenvalue weighted by molar-refractivity contribution is 9.10. The van der Waals surface area contributed by atoms with Crippen LogP contribution in [-0.4, -0.2) is 5.91 Å². The van der Waals surface area contributed by atoms with E-state index in [0.29, 0.717) is 10.2 Å². The van der Waals surface area contributed by atoms with E-state index in [9.17, 15) is 9.18 Å². The lowest BCUT2D eigenvalue weighted by Gasteiger charge is -2.11. The van der Waals surface area contributed by atoms with Crippen molar-refractivity contribution < 1.29 is 9.18 Å². The Balaban J connectivity index is 2.40. The first-order valence-corrected chi connectivity index (χ1v) is 7.36. The molecule has 0 radical (unpaired) electrons. The van der Waals surface area contributed by atoms with E-state index in [0.717, 1.165) is 0 Å². The van der Waals surface area contributed by atoms with Gasteiger partial charge in [0.2, 0.25) is 0 Å². The molecule has 3 N–H and O–H groups in total. The Hall–Kier alpha value is -1.30. The molecule has 0 aromatic heterocycles. The second-order valence-corrected chi connectivity index (χ2v) is 6.13. The van der Waals surface area contributed by atoms with Gasteiger partial charge in [0.1, 0.15) is 5.82 Å². The van der Waals surface area contributed by atoms with Crippen LogP contribution >= 0.6 is 39.1 Å². The number of rotatable bonds is 2. The van der Waals surface area contributed by atoms with Crippen LogP contribution in [0.2, 0.25) is 10.0 Å². The van der Waals surface area contributed by atoms with Gasteiger partial charge in [-0.3, -0.25) is 4.79 Å². The van der Waals surface area contributed by atoms with Gasteiger partial charge < -0.3 is 11.1 Å². The number of aryl methyl sites for hydroxylation is 1. The Morgan fingerprint density at radius 2 is 1.81 bits per heavy atom. The molecule has 21 heavy (non-hydrogen) atoms. The summed E-state index contributed by atoms with van der Waals surface area (Å²) >= 11 is 15.3. The number of benzene rings is 2. The number of carbonyl (C=O) groups is 1. The lowest BCUT2D eigenvalue weighted by molar-refractivity contribution is 0.102. The van der Waals surface area contributed by atoms with Crippen LogP contribution in [0.3, 0.4) is 0 Å². The molecule has 1 amide bonds. The number of hydrogen-bond acceptors (Lipinski definition) is 2. The second-order valence-electron chi connectivity index (χ2n) is 4.40. The largest absolute Gasteiger partial charge is 0.399 e. The molecule has 0 unspecified atom stereocenters. The number of nitrogens with one attached hydrogen (secondary N) is 1. The zero-order valence-electron chi connectivity index (χ0n) is 10.8. The molecule has 0 heterocycles. The number of amides is 1. The molecule has 0 spiro atoms. The van der Waals surface area contributed by atoms with Gasteiger partial charge in [-0.15, -0.1) is 0 Å². The van der Waals surface area contributed by atoms with Crippen LogP contribution < -0.4 is 11.1 Å². The van der Waals surface area contributed by atoms with E-state index in [4.69, 9.17) is 28.9 Å². The summed E-state index contributed by atoms with van der Waals surface area (Å²) in [6.07, 6.45) is 0. The van der Waals surface area contributed by atoms with Crippen LogP contribution in [0.25, 0.3) is 0 Å². The molecule has 7 heteroatoms. The van der Waals surface area contributed by atoms with Crippen molar-refractivity contribution in [1.29, 1.82) is 0 Å². The van der Waals surface area contributed by atoms with Crippen molar-refractivity contribution in [2.24, 2.45) is 0 Å². The normalized spacial score (nSPS) is 10.5. The molecule has 2 aromatic carbocycles. The monoisotopic (exact) mass is 390 g/mol. The molecular formula is C14H10BrCl2FN2O. The number of hydrogen-bond donors (Lipinski definition) is 2. The maximum atomic E-state index is 14.0. The van der Waals surface area contributed by atoms with Crippen molar-refractivity contribution in [2.75, 3.05) is 11.1 Å². The van der Waals surface area contributed by atoms with Gasteiger partial charge in [0.25, 0.3) is 5.91 Å². The maximum Gasteiger partial charge on any atom is 0.258 e. The van der Waals surface area contributed by atoms with Crippen LogP contribution in [0.15, 0.2) is 28.7 Å². The van der Waals surface area contributed by atoms with Gasteiger partial charge in [-0.2, -0.15) is 0 Å². The topological polar surface area (TPSA) is 55.1 Å². The molecule has 0 fully saturated rings. The first-order chi connectivity index (χ1) is 9.79. The maximum absolute atomic E-state index is 14.0. The van der Waals surface area contributed by atoms with Crippen molar-refractivity contribution >= 4 is 56.4 Å². The Bertz CT molecular complexity index is 714. The fourth-order valence-electron chi connectivity index (χ4n) is 1.81. The quantitative estimate of drug-likeness (QED) is 0.704. The molecule has 110 valence electrons. The summed E-state index contributed by atoms with van der Waals surface area (Å²) in [4.78, 5) is 12.2. The number of carbonyl (C=O) groups excluding carboxylic acids is 1. The van der Waals surface area contributed by atoms with Crippen molar-refractivity contribution in [3.05, 3.63) is 55.7 Å². The average Bonchev–Trinajstić information content (AvgIpc) is 2.37. The molecule has 2 aromatic rings. The molecule has 0 aliphatic rings.